The summed E-state index contributed by atoms with van der Waals surface area (Å²) in [6, 6.07) is 7.37. The van der Waals surface area contributed by atoms with E-state index in [1.165, 1.54) is 0 Å². The minimum Gasteiger partial charge on any atom is -0.382 e. The average Bonchev–Trinajstić information content (AvgIpc) is 3.38. The molecule has 0 bridgehead atoms. The molecule has 0 amide bonds. The fraction of sp³-hybridized carbons (Fsp3) is 0.550. The van der Waals surface area contributed by atoms with E-state index in [-0.39, 0.29) is 24.0 Å². The molecule has 0 aliphatic carbocycles. The smallest absolute Gasteiger partial charge is 0.248 e. The van der Waals surface area contributed by atoms with E-state index in [9.17, 15) is 0 Å². The molecule has 0 saturated carbocycles. The van der Waals surface area contributed by atoms with Gasteiger partial charge in [-0.2, -0.15) is 4.98 Å². The van der Waals surface area contributed by atoms with E-state index in [0.29, 0.717) is 42.4 Å². The van der Waals surface area contributed by atoms with Crippen LogP contribution < -0.4 is 5.32 Å². The molecule has 1 aromatic heterocycles. The Morgan fingerprint density at radius 2 is 2.27 bits per heavy atom. The molecule has 1 saturated heterocycles. The zero-order valence-electron chi connectivity index (χ0n) is 17.3. The highest BCUT2D eigenvalue weighted by Gasteiger charge is 2.25. The van der Waals surface area contributed by atoms with Gasteiger partial charge in [0.05, 0.1) is 19.8 Å². The second-order valence-corrected chi connectivity index (χ2v) is 7.30. The number of nitrogens with one attached hydrogen (secondary N) is 1. The molecular weight excluding hydrogens is 521 g/mol. The maximum absolute atomic E-state index is 6.03. The number of guanidine groups is 1. The SMILES string of the molecule is CCNC(=NCc1nc(-c2cccc(Cl)c2)no1)N1CCC(COCCOC)C1.I. The van der Waals surface area contributed by atoms with Crippen molar-refractivity contribution in [2.24, 2.45) is 10.9 Å². The van der Waals surface area contributed by atoms with Crippen LogP contribution in [-0.4, -0.2) is 67.6 Å². The quantitative estimate of drug-likeness (QED) is 0.222. The third-order valence-electron chi connectivity index (χ3n) is 4.62. The normalized spacial score (nSPS) is 16.6. The lowest BCUT2D eigenvalue weighted by Gasteiger charge is -2.21. The summed E-state index contributed by atoms with van der Waals surface area (Å²) in [6.45, 7) is 7.03. The van der Waals surface area contributed by atoms with Crippen molar-refractivity contribution < 1.29 is 14.0 Å². The lowest BCUT2D eigenvalue weighted by molar-refractivity contribution is 0.0536. The molecule has 1 N–H and O–H groups in total. The highest BCUT2D eigenvalue weighted by atomic mass is 127. The summed E-state index contributed by atoms with van der Waals surface area (Å²) in [7, 11) is 1.68. The Morgan fingerprint density at radius 3 is 3.03 bits per heavy atom. The molecule has 3 rings (SSSR count). The first kappa shape index (κ1) is 24.8. The summed E-state index contributed by atoms with van der Waals surface area (Å²) >= 11 is 6.03. The van der Waals surface area contributed by atoms with Crippen molar-refractivity contribution in [3.63, 3.8) is 0 Å². The predicted molar refractivity (Wildman–Crippen MR) is 127 cm³/mol. The van der Waals surface area contributed by atoms with E-state index < -0.39 is 0 Å². The van der Waals surface area contributed by atoms with Crippen LogP contribution in [0.2, 0.25) is 5.02 Å². The molecule has 30 heavy (non-hydrogen) atoms. The topological polar surface area (TPSA) is 85.0 Å². The van der Waals surface area contributed by atoms with Gasteiger partial charge < -0.3 is 24.2 Å². The minimum absolute atomic E-state index is 0. The van der Waals surface area contributed by atoms with Crippen LogP contribution in [-0.2, 0) is 16.0 Å². The Kier molecular flexibility index (Phi) is 10.8. The lowest BCUT2D eigenvalue weighted by atomic mass is 10.1. The molecule has 10 heteroatoms. The Bertz CT molecular complexity index is 804. The molecule has 166 valence electrons. The van der Waals surface area contributed by atoms with E-state index in [0.717, 1.165) is 44.2 Å². The number of aliphatic imine (C=N–C) groups is 1. The summed E-state index contributed by atoms with van der Waals surface area (Å²) < 4.78 is 16.0. The van der Waals surface area contributed by atoms with Gasteiger partial charge in [-0.1, -0.05) is 28.9 Å². The minimum atomic E-state index is 0. The monoisotopic (exact) mass is 549 g/mol. The lowest BCUT2D eigenvalue weighted by Crippen LogP contribution is -2.40. The van der Waals surface area contributed by atoms with Gasteiger partial charge in [0.2, 0.25) is 11.7 Å². The van der Waals surface area contributed by atoms with Gasteiger partial charge in [-0.15, -0.1) is 24.0 Å². The Labute approximate surface area is 199 Å². The summed E-state index contributed by atoms with van der Waals surface area (Å²) in [5.74, 6) is 2.33. The van der Waals surface area contributed by atoms with Gasteiger partial charge in [0.1, 0.15) is 6.54 Å². The van der Waals surface area contributed by atoms with Crippen molar-refractivity contribution in [3.05, 3.63) is 35.2 Å². The molecule has 1 fully saturated rings. The predicted octanol–water partition coefficient (Wildman–Crippen LogP) is 3.46. The Hall–Kier alpha value is -1.43. The summed E-state index contributed by atoms with van der Waals surface area (Å²) in [5.41, 5.74) is 0.819. The molecule has 0 spiro atoms. The van der Waals surface area contributed by atoms with E-state index in [2.05, 4.69) is 32.3 Å². The van der Waals surface area contributed by atoms with Crippen molar-refractivity contribution in [1.29, 1.82) is 0 Å². The van der Waals surface area contributed by atoms with E-state index in [1.54, 1.807) is 7.11 Å². The number of hydrogen-bond donors (Lipinski definition) is 1. The van der Waals surface area contributed by atoms with Gasteiger partial charge in [0.15, 0.2) is 5.96 Å². The number of nitrogens with zero attached hydrogens (tertiary/aromatic N) is 4. The van der Waals surface area contributed by atoms with Crippen LogP contribution in [0, 0.1) is 5.92 Å². The van der Waals surface area contributed by atoms with Gasteiger partial charge in [0.25, 0.3) is 0 Å². The van der Waals surface area contributed by atoms with E-state index >= 15 is 0 Å². The number of methoxy groups -OCH3 is 1. The fourth-order valence-corrected chi connectivity index (χ4v) is 3.38. The van der Waals surface area contributed by atoms with Crippen LogP contribution >= 0.6 is 35.6 Å². The van der Waals surface area contributed by atoms with E-state index in [4.69, 9.17) is 25.6 Å². The van der Waals surface area contributed by atoms with Crippen LogP contribution in [0.3, 0.4) is 0 Å². The largest absolute Gasteiger partial charge is 0.382 e. The maximum atomic E-state index is 6.03. The number of halogens is 2. The Morgan fingerprint density at radius 1 is 1.40 bits per heavy atom. The summed E-state index contributed by atoms with van der Waals surface area (Å²) in [6.07, 6.45) is 1.08. The van der Waals surface area contributed by atoms with Gasteiger partial charge in [0, 0.05) is 43.2 Å². The molecule has 1 aliphatic rings. The number of hydrogen-bond acceptors (Lipinski definition) is 6. The molecule has 2 aromatic rings. The zero-order valence-corrected chi connectivity index (χ0v) is 20.4. The van der Waals surface area contributed by atoms with Gasteiger partial charge >= 0.3 is 0 Å². The van der Waals surface area contributed by atoms with Crippen molar-refractivity contribution in [2.45, 2.75) is 19.9 Å². The van der Waals surface area contributed by atoms with Crippen molar-refractivity contribution in [3.8, 4) is 11.4 Å². The molecule has 0 radical (unpaired) electrons. The summed E-state index contributed by atoms with van der Waals surface area (Å²) in [4.78, 5) is 11.4. The first-order valence-corrected chi connectivity index (χ1v) is 10.3. The first-order chi connectivity index (χ1) is 14.2. The number of rotatable bonds is 9. The van der Waals surface area contributed by atoms with Crippen LogP contribution in [0.4, 0.5) is 0 Å². The van der Waals surface area contributed by atoms with Crippen LogP contribution in [0.25, 0.3) is 11.4 Å². The molecular formula is C20H29ClIN5O3. The fourth-order valence-electron chi connectivity index (χ4n) is 3.19. The molecule has 1 aromatic carbocycles. The van der Waals surface area contributed by atoms with Gasteiger partial charge in [-0.05, 0) is 25.5 Å². The molecule has 1 unspecified atom stereocenters. The number of likely N-dealkylation sites (tertiary alicyclic amines) is 1. The highest BCUT2D eigenvalue weighted by Crippen LogP contribution is 2.20. The molecule has 1 aliphatic heterocycles. The number of benzene rings is 1. The highest BCUT2D eigenvalue weighted by molar-refractivity contribution is 14.0. The maximum Gasteiger partial charge on any atom is 0.248 e. The molecule has 1 atom stereocenters. The van der Waals surface area contributed by atoms with Crippen LogP contribution in [0.15, 0.2) is 33.8 Å². The first-order valence-electron chi connectivity index (χ1n) is 9.88. The van der Waals surface area contributed by atoms with E-state index in [1.807, 2.05) is 24.3 Å². The molecule has 8 nitrogen and oxygen atoms in total. The van der Waals surface area contributed by atoms with Crippen molar-refractivity contribution >= 4 is 41.5 Å². The zero-order chi connectivity index (χ0) is 20.5. The van der Waals surface area contributed by atoms with Crippen LogP contribution in [0.1, 0.15) is 19.2 Å². The second-order valence-electron chi connectivity index (χ2n) is 6.86. The van der Waals surface area contributed by atoms with Crippen molar-refractivity contribution in [1.82, 2.24) is 20.4 Å². The van der Waals surface area contributed by atoms with Crippen molar-refractivity contribution in [2.75, 3.05) is 46.6 Å². The van der Waals surface area contributed by atoms with Gasteiger partial charge in [-0.3, -0.25) is 0 Å². The third-order valence-corrected chi connectivity index (χ3v) is 4.86. The average molecular weight is 550 g/mol. The van der Waals surface area contributed by atoms with Crippen LogP contribution in [0.5, 0.6) is 0 Å². The molecule has 2 heterocycles. The Balaban J connectivity index is 0.00000320. The van der Waals surface area contributed by atoms with Gasteiger partial charge in [-0.25, -0.2) is 4.99 Å². The summed E-state index contributed by atoms with van der Waals surface area (Å²) in [5, 5.41) is 8.02. The number of aromatic nitrogens is 2. The third kappa shape index (κ3) is 7.36. The number of ether oxygens (including phenoxy) is 2. The second kappa shape index (κ2) is 13.1. The standard InChI is InChI=1S/C20H28ClN5O3.HI/c1-3-22-20(26-8-7-15(13-26)14-28-10-9-27-2)23-12-18-24-19(25-29-18)16-5-4-6-17(21)11-16;/h4-6,11,15H,3,7-10,12-14H2,1-2H3,(H,22,23);1H.